The fraction of sp³-hybridized carbons (Fsp3) is 0.375. The van der Waals surface area contributed by atoms with Gasteiger partial charge in [-0.25, -0.2) is 0 Å². The molecule has 0 aliphatic carbocycles. The number of nitrogens with zero attached hydrogens (tertiary/aromatic N) is 1. The predicted octanol–water partition coefficient (Wildman–Crippen LogP) is -2.73. The van der Waals surface area contributed by atoms with Crippen LogP contribution < -0.4 is 16.8 Å². The molecule has 0 fully saturated rings. The summed E-state index contributed by atoms with van der Waals surface area (Å²) in [6.07, 6.45) is 1.03. The van der Waals surface area contributed by atoms with Crippen molar-refractivity contribution >= 4 is 17.7 Å². The van der Waals surface area contributed by atoms with Gasteiger partial charge in [-0.05, 0) is 0 Å². The highest BCUT2D eigenvalue weighted by Gasteiger charge is 2.37. The topological polar surface area (TPSA) is 119 Å². The van der Waals surface area contributed by atoms with Crippen molar-refractivity contribution in [1.82, 2.24) is 10.2 Å². The summed E-state index contributed by atoms with van der Waals surface area (Å²) < 4.78 is 0. The van der Waals surface area contributed by atoms with Gasteiger partial charge in [0.1, 0.15) is 6.04 Å². The van der Waals surface area contributed by atoms with E-state index in [0.29, 0.717) is 0 Å². The van der Waals surface area contributed by atoms with Gasteiger partial charge in [-0.15, -0.1) is 0 Å². The average Bonchev–Trinajstić information content (AvgIpc) is 2.49. The van der Waals surface area contributed by atoms with Crippen LogP contribution in [0.1, 0.15) is 0 Å². The van der Waals surface area contributed by atoms with E-state index in [4.69, 9.17) is 11.5 Å². The Bertz CT molecular complexity index is 319. The highest BCUT2D eigenvalue weighted by atomic mass is 16.2. The predicted molar refractivity (Wildman–Crippen MR) is 51.0 cm³/mol. The van der Waals surface area contributed by atoms with Gasteiger partial charge in [0, 0.05) is 19.2 Å². The smallest absolute Gasteiger partial charge is 0.254 e. The van der Waals surface area contributed by atoms with E-state index in [2.05, 4.69) is 5.32 Å². The van der Waals surface area contributed by atoms with Crippen molar-refractivity contribution in [3.05, 3.63) is 12.2 Å². The second-order valence-electron chi connectivity index (χ2n) is 3.02. The van der Waals surface area contributed by atoms with Crippen LogP contribution in [0.5, 0.6) is 0 Å². The van der Waals surface area contributed by atoms with Gasteiger partial charge >= 0.3 is 0 Å². The highest BCUT2D eigenvalue weighted by Crippen LogP contribution is 2.10. The minimum absolute atomic E-state index is 0.574. The van der Waals surface area contributed by atoms with Gasteiger partial charge in [0.15, 0.2) is 0 Å². The van der Waals surface area contributed by atoms with Crippen LogP contribution in [-0.4, -0.2) is 41.9 Å². The number of carbonyl (C=O) groups is 3. The lowest BCUT2D eigenvalue weighted by Crippen LogP contribution is -2.60. The van der Waals surface area contributed by atoms with Gasteiger partial charge in [0.25, 0.3) is 11.8 Å². The Labute approximate surface area is 86.1 Å². The summed E-state index contributed by atoms with van der Waals surface area (Å²) in [7, 11) is 1.37. The molecule has 15 heavy (non-hydrogen) atoms. The Balaban J connectivity index is 2.95. The molecule has 1 heterocycles. The molecule has 0 aromatic rings. The third-order valence-electron chi connectivity index (χ3n) is 2.00. The zero-order chi connectivity index (χ0) is 11.6. The molecule has 0 saturated carbocycles. The standard InChI is InChI=1S/C8H12N4O3/c1-11-8(15)6(7(9)10)12-4(13)2-3-5(12)14/h2-3,6-7H,9-10H2,1H3,(H,11,15). The van der Waals surface area contributed by atoms with Gasteiger partial charge in [0.05, 0.1) is 6.17 Å². The number of amides is 3. The van der Waals surface area contributed by atoms with E-state index in [-0.39, 0.29) is 0 Å². The second-order valence-corrected chi connectivity index (χ2v) is 3.02. The fourth-order valence-corrected chi connectivity index (χ4v) is 1.30. The summed E-state index contributed by atoms with van der Waals surface area (Å²) in [6.45, 7) is 0. The minimum atomic E-state index is -1.18. The zero-order valence-corrected chi connectivity index (χ0v) is 8.14. The van der Waals surface area contributed by atoms with Crippen LogP contribution in [0.15, 0.2) is 12.2 Å². The largest absolute Gasteiger partial charge is 0.357 e. The van der Waals surface area contributed by atoms with Crippen molar-refractivity contribution in [2.45, 2.75) is 12.2 Å². The van der Waals surface area contributed by atoms with Gasteiger partial charge in [-0.3, -0.25) is 19.3 Å². The maximum atomic E-state index is 11.4. The number of nitrogens with one attached hydrogen (secondary N) is 1. The van der Waals surface area contributed by atoms with Crippen molar-refractivity contribution < 1.29 is 14.4 Å². The quantitative estimate of drug-likeness (QED) is 0.346. The number of hydrogen-bond donors (Lipinski definition) is 3. The summed E-state index contributed by atoms with van der Waals surface area (Å²) in [5.74, 6) is -1.75. The molecular formula is C8H12N4O3. The van der Waals surface area contributed by atoms with Crippen LogP contribution in [0, 0.1) is 0 Å². The van der Waals surface area contributed by atoms with E-state index in [1.54, 1.807) is 0 Å². The molecule has 1 aliphatic heterocycles. The lowest BCUT2D eigenvalue weighted by atomic mass is 10.2. The van der Waals surface area contributed by atoms with E-state index in [9.17, 15) is 14.4 Å². The van der Waals surface area contributed by atoms with Gasteiger partial charge in [-0.1, -0.05) is 0 Å². The molecule has 5 N–H and O–H groups in total. The Morgan fingerprint density at radius 1 is 1.33 bits per heavy atom. The summed E-state index contributed by atoms with van der Waals surface area (Å²) in [5, 5.41) is 2.29. The molecule has 7 nitrogen and oxygen atoms in total. The number of nitrogens with two attached hydrogens (primary N) is 2. The normalized spacial score (nSPS) is 17.5. The van der Waals surface area contributed by atoms with Gasteiger partial charge in [0.2, 0.25) is 5.91 Å². The summed E-state index contributed by atoms with van der Waals surface area (Å²) in [5.41, 5.74) is 10.7. The SMILES string of the molecule is CNC(=O)C(C(N)N)N1C(=O)C=CC1=O. The van der Waals surface area contributed by atoms with Gasteiger partial charge in [-0.2, -0.15) is 0 Å². The van der Waals surface area contributed by atoms with Crippen LogP contribution in [0.3, 0.4) is 0 Å². The molecule has 0 spiro atoms. The molecule has 82 valence electrons. The first-order valence-electron chi connectivity index (χ1n) is 4.27. The second kappa shape index (κ2) is 4.20. The van der Waals surface area contributed by atoms with Crippen LogP contribution in [0.25, 0.3) is 0 Å². The first-order chi connectivity index (χ1) is 6.99. The number of carbonyl (C=O) groups excluding carboxylic acids is 3. The van der Waals surface area contributed by atoms with Crippen molar-refractivity contribution in [1.29, 1.82) is 0 Å². The molecule has 0 bridgehead atoms. The molecule has 7 heteroatoms. The van der Waals surface area contributed by atoms with E-state index in [0.717, 1.165) is 17.1 Å². The molecule has 1 atom stereocenters. The Morgan fingerprint density at radius 3 is 2.13 bits per heavy atom. The lowest BCUT2D eigenvalue weighted by molar-refractivity contribution is -0.146. The van der Waals surface area contributed by atoms with E-state index in [1.165, 1.54) is 7.05 Å². The molecule has 0 radical (unpaired) electrons. The zero-order valence-electron chi connectivity index (χ0n) is 8.14. The van der Waals surface area contributed by atoms with Crippen LogP contribution >= 0.6 is 0 Å². The van der Waals surface area contributed by atoms with Crippen LogP contribution in [0.4, 0.5) is 0 Å². The van der Waals surface area contributed by atoms with E-state index < -0.39 is 29.9 Å². The monoisotopic (exact) mass is 212 g/mol. The minimum Gasteiger partial charge on any atom is -0.357 e. The summed E-state index contributed by atoms with van der Waals surface area (Å²) in [6, 6.07) is -1.18. The Hall–Kier alpha value is -1.73. The Kier molecular flexibility index (Phi) is 3.17. The number of imide groups is 1. The first-order valence-corrected chi connectivity index (χ1v) is 4.27. The molecule has 0 aromatic heterocycles. The Morgan fingerprint density at radius 2 is 1.80 bits per heavy atom. The first kappa shape index (κ1) is 11.3. The van der Waals surface area contributed by atoms with Crippen LogP contribution in [0.2, 0.25) is 0 Å². The molecule has 1 unspecified atom stereocenters. The van der Waals surface area contributed by atoms with Crippen molar-refractivity contribution in [3.63, 3.8) is 0 Å². The molecule has 0 saturated heterocycles. The highest BCUT2D eigenvalue weighted by molar-refractivity contribution is 6.15. The average molecular weight is 212 g/mol. The van der Waals surface area contributed by atoms with E-state index in [1.807, 2.05) is 0 Å². The summed E-state index contributed by atoms with van der Waals surface area (Å²) in [4.78, 5) is 34.7. The third kappa shape index (κ3) is 2.03. The summed E-state index contributed by atoms with van der Waals surface area (Å²) >= 11 is 0. The third-order valence-corrected chi connectivity index (χ3v) is 2.00. The number of rotatable bonds is 3. The lowest BCUT2D eigenvalue weighted by Gasteiger charge is -2.27. The number of likely N-dealkylation sites (N-methyl/N-ethyl adjacent to an activating group) is 1. The molecule has 0 aromatic carbocycles. The van der Waals surface area contributed by atoms with Crippen molar-refractivity contribution in [3.8, 4) is 0 Å². The molecule has 3 amide bonds. The molecule has 1 aliphatic rings. The van der Waals surface area contributed by atoms with Gasteiger partial charge < -0.3 is 16.8 Å². The molecule has 1 rings (SSSR count). The maximum Gasteiger partial charge on any atom is 0.254 e. The fourth-order valence-electron chi connectivity index (χ4n) is 1.30. The molecular weight excluding hydrogens is 200 g/mol. The van der Waals surface area contributed by atoms with Crippen LogP contribution in [-0.2, 0) is 14.4 Å². The van der Waals surface area contributed by atoms with E-state index >= 15 is 0 Å². The van der Waals surface area contributed by atoms with Crippen molar-refractivity contribution in [2.75, 3.05) is 7.05 Å². The number of hydrogen-bond acceptors (Lipinski definition) is 5. The maximum absolute atomic E-state index is 11.4. The van der Waals surface area contributed by atoms with Crippen molar-refractivity contribution in [2.24, 2.45) is 11.5 Å².